The fourth-order valence-electron chi connectivity index (χ4n) is 3.26. The van der Waals surface area contributed by atoms with Gasteiger partial charge in [0.05, 0.1) is 12.2 Å². The molecule has 1 aliphatic carbocycles. The molecule has 4 heteroatoms. The first kappa shape index (κ1) is 13.3. The molecule has 3 rings (SSSR count). The number of aryl methyl sites for hydroxylation is 2. The van der Waals surface area contributed by atoms with Gasteiger partial charge in [-0.15, -0.1) is 0 Å². The van der Waals surface area contributed by atoms with Crippen molar-refractivity contribution in [1.82, 2.24) is 5.32 Å². The van der Waals surface area contributed by atoms with Gasteiger partial charge in [0.15, 0.2) is 0 Å². The van der Waals surface area contributed by atoms with Crippen molar-refractivity contribution in [2.75, 3.05) is 18.1 Å². The number of carbonyl (C=O) groups is 1. The van der Waals surface area contributed by atoms with Crippen LogP contribution in [0, 0.1) is 13.8 Å². The Balaban J connectivity index is 1.83. The molecule has 20 heavy (non-hydrogen) atoms. The maximum atomic E-state index is 12.5. The topological polar surface area (TPSA) is 41.6 Å². The van der Waals surface area contributed by atoms with Gasteiger partial charge in [-0.1, -0.05) is 18.9 Å². The number of carbonyl (C=O) groups excluding carboxylic acids is 1. The van der Waals surface area contributed by atoms with Gasteiger partial charge in [0.2, 0.25) is 0 Å². The number of rotatable bonds is 1. The molecule has 0 aromatic heterocycles. The summed E-state index contributed by atoms with van der Waals surface area (Å²) in [5.74, 6) is 0.829. The normalized spacial score (nSPS) is 18.6. The minimum absolute atomic E-state index is 0.0217. The minimum atomic E-state index is 0.0217. The lowest BCUT2D eigenvalue weighted by Gasteiger charge is -2.32. The third kappa shape index (κ3) is 2.47. The molecule has 1 saturated carbocycles. The molecular formula is C16H22N2O2. The smallest absolute Gasteiger partial charge is 0.322 e. The van der Waals surface area contributed by atoms with Gasteiger partial charge in [-0.3, -0.25) is 4.90 Å². The maximum Gasteiger partial charge on any atom is 0.322 e. The SMILES string of the molecule is Cc1cc(C)c2c(c1)OCCN2C(=O)NC1CCCC1. The Morgan fingerprint density at radius 3 is 2.80 bits per heavy atom. The van der Waals surface area contributed by atoms with Crippen LogP contribution in [0.5, 0.6) is 5.75 Å². The van der Waals surface area contributed by atoms with Crippen LogP contribution >= 0.6 is 0 Å². The van der Waals surface area contributed by atoms with Crippen molar-refractivity contribution in [3.63, 3.8) is 0 Å². The fraction of sp³-hybridized carbons (Fsp3) is 0.562. The Morgan fingerprint density at radius 1 is 1.30 bits per heavy atom. The third-order valence-corrected chi connectivity index (χ3v) is 4.18. The van der Waals surface area contributed by atoms with Crippen LogP contribution in [-0.4, -0.2) is 25.2 Å². The molecule has 2 amide bonds. The van der Waals surface area contributed by atoms with Crippen molar-refractivity contribution in [3.05, 3.63) is 23.3 Å². The van der Waals surface area contributed by atoms with Crippen LogP contribution in [0.3, 0.4) is 0 Å². The number of urea groups is 1. The molecule has 0 spiro atoms. The van der Waals surface area contributed by atoms with E-state index in [0.717, 1.165) is 29.8 Å². The van der Waals surface area contributed by atoms with Gasteiger partial charge in [0, 0.05) is 6.04 Å². The Bertz CT molecular complexity index is 521. The molecule has 4 nitrogen and oxygen atoms in total. The lowest BCUT2D eigenvalue weighted by atomic mass is 10.1. The van der Waals surface area contributed by atoms with Gasteiger partial charge < -0.3 is 10.1 Å². The largest absolute Gasteiger partial charge is 0.490 e. The number of hydrogen-bond donors (Lipinski definition) is 1. The summed E-state index contributed by atoms with van der Waals surface area (Å²) in [4.78, 5) is 14.4. The summed E-state index contributed by atoms with van der Waals surface area (Å²) in [7, 11) is 0. The molecule has 0 saturated heterocycles. The molecule has 0 atom stereocenters. The van der Waals surface area contributed by atoms with Crippen LogP contribution in [-0.2, 0) is 0 Å². The second-order valence-electron chi connectivity index (χ2n) is 5.86. The van der Waals surface area contributed by atoms with E-state index in [-0.39, 0.29) is 6.03 Å². The van der Waals surface area contributed by atoms with Gasteiger partial charge in [0.25, 0.3) is 0 Å². The maximum absolute atomic E-state index is 12.5. The fourth-order valence-corrected chi connectivity index (χ4v) is 3.26. The zero-order valence-electron chi connectivity index (χ0n) is 12.2. The minimum Gasteiger partial charge on any atom is -0.490 e. The molecule has 0 bridgehead atoms. The lowest BCUT2D eigenvalue weighted by molar-refractivity contribution is 0.236. The highest BCUT2D eigenvalue weighted by Crippen LogP contribution is 2.36. The first-order valence-electron chi connectivity index (χ1n) is 7.47. The van der Waals surface area contributed by atoms with Crippen molar-refractivity contribution in [3.8, 4) is 5.75 Å². The van der Waals surface area contributed by atoms with Gasteiger partial charge in [0.1, 0.15) is 12.4 Å². The van der Waals surface area contributed by atoms with Crippen molar-refractivity contribution < 1.29 is 9.53 Å². The van der Waals surface area contributed by atoms with Crippen LogP contribution in [0.2, 0.25) is 0 Å². The second kappa shape index (κ2) is 5.35. The van der Waals surface area contributed by atoms with Gasteiger partial charge >= 0.3 is 6.03 Å². The Morgan fingerprint density at radius 2 is 2.05 bits per heavy atom. The van der Waals surface area contributed by atoms with Gasteiger partial charge in [-0.25, -0.2) is 4.79 Å². The summed E-state index contributed by atoms with van der Waals surface area (Å²) >= 11 is 0. The predicted octanol–water partition coefficient (Wildman–Crippen LogP) is 3.15. The highest BCUT2D eigenvalue weighted by atomic mass is 16.5. The third-order valence-electron chi connectivity index (χ3n) is 4.18. The summed E-state index contributed by atoms with van der Waals surface area (Å²) in [6.07, 6.45) is 4.66. The van der Waals surface area contributed by atoms with Crippen LogP contribution < -0.4 is 15.0 Å². The van der Waals surface area contributed by atoms with E-state index in [4.69, 9.17) is 4.74 Å². The van der Waals surface area contributed by atoms with Crippen molar-refractivity contribution in [2.45, 2.75) is 45.6 Å². The van der Waals surface area contributed by atoms with Crippen LogP contribution in [0.4, 0.5) is 10.5 Å². The van der Waals surface area contributed by atoms with E-state index >= 15 is 0 Å². The zero-order chi connectivity index (χ0) is 14.1. The molecular weight excluding hydrogens is 252 g/mol. The lowest BCUT2D eigenvalue weighted by Crippen LogP contribution is -2.47. The Hall–Kier alpha value is -1.71. The first-order chi connectivity index (χ1) is 9.65. The van der Waals surface area contributed by atoms with E-state index in [1.165, 1.54) is 18.4 Å². The van der Waals surface area contributed by atoms with E-state index in [2.05, 4.69) is 11.4 Å². The van der Waals surface area contributed by atoms with Crippen LogP contribution in [0.1, 0.15) is 36.8 Å². The zero-order valence-corrected chi connectivity index (χ0v) is 12.2. The molecule has 108 valence electrons. The molecule has 1 fully saturated rings. The highest BCUT2D eigenvalue weighted by molar-refractivity contribution is 5.95. The molecule has 0 unspecified atom stereocenters. The van der Waals surface area contributed by atoms with Crippen LogP contribution in [0.25, 0.3) is 0 Å². The Kier molecular flexibility index (Phi) is 3.55. The predicted molar refractivity (Wildman–Crippen MR) is 79.5 cm³/mol. The number of nitrogens with one attached hydrogen (secondary N) is 1. The van der Waals surface area contributed by atoms with Crippen molar-refractivity contribution in [2.24, 2.45) is 0 Å². The summed E-state index contributed by atoms with van der Waals surface area (Å²) in [5, 5.41) is 3.16. The molecule has 1 N–H and O–H groups in total. The quantitative estimate of drug-likeness (QED) is 0.854. The second-order valence-corrected chi connectivity index (χ2v) is 5.86. The molecule has 1 aromatic rings. The number of nitrogens with zero attached hydrogens (tertiary/aromatic N) is 1. The van der Waals surface area contributed by atoms with E-state index < -0.39 is 0 Å². The highest BCUT2D eigenvalue weighted by Gasteiger charge is 2.27. The number of anilines is 1. The van der Waals surface area contributed by atoms with E-state index in [9.17, 15) is 4.79 Å². The number of fused-ring (bicyclic) bond motifs is 1. The summed E-state index contributed by atoms with van der Waals surface area (Å²) in [6, 6.07) is 4.48. The van der Waals surface area contributed by atoms with Gasteiger partial charge in [-0.05, 0) is 43.9 Å². The summed E-state index contributed by atoms with van der Waals surface area (Å²) < 4.78 is 5.71. The number of hydrogen-bond acceptors (Lipinski definition) is 2. The molecule has 1 aliphatic heterocycles. The Labute approximate surface area is 120 Å². The standard InChI is InChI=1S/C16H22N2O2/c1-11-9-12(2)15-14(10-11)20-8-7-18(15)16(19)17-13-5-3-4-6-13/h9-10,13H,3-8H2,1-2H3,(H,17,19). The number of amides is 2. The number of benzene rings is 1. The van der Waals surface area contributed by atoms with Crippen LogP contribution in [0.15, 0.2) is 12.1 Å². The monoisotopic (exact) mass is 274 g/mol. The average molecular weight is 274 g/mol. The number of ether oxygens (including phenoxy) is 1. The molecule has 1 aromatic carbocycles. The summed E-state index contributed by atoms with van der Waals surface area (Å²) in [6.45, 7) is 5.27. The van der Waals surface area contributed by atoms with E-state index in [1.54, 1.807) is 0 Å². The van der Waals surface area contributed by atoms with Gasteiger partial charge in [-0.2, -0.15) is 0 Å². The first-order valence-corrected chi connectivity index (χ1v) is 7.47. The summed E-state index contributed by atoms with van der Waals surface area (Å²) in [5.41, 5.74) is 3.19. The molecule has 0 radical (unpaired) electrons. The van der Waals surface area contributed by atoms with E-state index in [1.807, 2.05) is 24.8 Å². The average Bonchev–Trinajstić information content (AvgIpc) is 2.90. The molecule has 2 aliphatic rings. The van der Waals surface area contributed by atoms with Crippen molar-refractivity contribution in [1.29, 1.82) is 0 Å². The van der Waals surface area contributed by atoms with E-state index in [0.29, 0.717) is 19.2 Å². The van der Waals surface area contributed by atoms with Crippen molar-refractivity contribution >= 4 is 11.7 Å². The molecule has 1 heterocycles.